The molecular weight excluding hydrogens is 228 g/mol. The molecule has 3 unspecified atom stereocenters. The standard InChI is InChI=1S/C14H20N2O2/c1-18-11(9-15)7-14(17)16-13-8-12(13)10-5-3-2-4-6-10/h2-6,11-13H,7-9,15H2,1H3,(H,16,17). The number of hydrogen-bond donors (Lipinski definition) is 2. The molecule has 98 valence electrons. The Morgan fingerprint density at radius 3 is 2.83 bits per heavy atom. The number of methoxy groups -OCH3 is 1. The Kier molecular flexibility index (Phi) is 4.33. The fourth-order valence-corrected chi connectivity index (χ4v) is 2.16. The van der Waals surface area contributed by atoms with Gasteiger partial charge < -0.3 is 15.8 Å². The van der Waals surface area contributed by atoms with E-state index in [0.717, 1.165) is 6.42 Å². The van der Waals surface area contributed by atoms with Gasteiger partial charge in [-0.3, -0.25) is 4.79 Å². The van der Waals surface area contributed by atoms with Gasteiger partial charge in [0.1, 0.15) is 0 Å². The minimum absolute atomic E-state index is 0.0238. The smallest absolute Gasteiger partial charge is 0.222 e. The van der Waals surface area contributed by atoms with Crippen molar-refractivity contribution in [3.8, 4) is 0 Å². The van der Waals surface area contributed by atoms with Crippen LogP contribution in [-0.4, -0.2) is 31.7 Å². The second kappa shape index (κ2) is 5.98. The maximum absolute atomic E-state index is 11.8. The highest BCUT2D eigenvalue weighted by Gasteiger charge is 2.39. The summed E-state index contributed by atoms with van der Waals surface area (Å²) in [6.07, 6.45) is 1.18. The van der Waals surface area contributed by atoms with Gasteiger partial charge in [-0.15, -0.1) is 0 Å². The van der Waals surface area contributed by atoms with Gasteiger partial charge in [-0.05, 0) is 12.0 Å². The van der Waals surface area contributed by atoms with Gasteiger partial charge in [-0.2, -0.15) is 0 Å². The van der Waals surface area contributed by atoms with Crippen LogP contribution in [0.5, 0.6) is 0 Å². The molecule has 1 saturated carbocycles. The molecule has 0 saturated heterocycles. The van der Waals surface area contributed by atoms with E-state index in [1.165, 1.54) is 5.56 Å². The van der Waals surface area contributed by atoms with Gasteiger partial charge in [0.2, 0.25) is 5.91 Å². The maximum Gasteiger partial charge on any atom is 0.222 e. The van der Waals surface area contributed by atoms with Crippen LogP contribution in [0.2, 0.25) is 0 Å². The molecule has 0 aliphatic heterocycles. The first kappa shape index (κ1) is 13.1. The molecule has 1 aliphatic carbocycles. The first-order valence-electron chi connectivity index (χ1n) is 6.31. The number of ether oxygens (including phenoxy) is 1. The van der Waals surface area contributed by atoms with E-state index < -0.39 is 0 Å². The molecule has 2 rings (SSSR count). The van der Waals surface area contributed by atoms with Gasteiger partial charge in [0.25, 0.3) is 0 Å². The van der Waals surface area contributed by atoms with Crippen molar-refractivity contribution in [3.05, 3.63) is 35.9 Å². The fraction of sp³-hybridized carbons (Fsp3) is 0.500. The lowest BCUT2D eigenvalue weighted by Gasteiger charge is -2.12. The fourth-order valence-electron chi connectivity index (χ4n) is 2.16. The van der Waals surface area contributed by atoms with E-state index in [1.807, 2.05) is 18.2 Å². The Bertz CT molecular complexity index is 390. The van der Waals surface area contributed by atoms with Crippen LogP contribution in [-0.2, 0) is 9.53 Å². The summed E-state index contributed by atoms with van der Waals surface area (Å²) < 4.78 is 5.10. The molecule has 3 N–H and O–H groups in total. The summed E-state index contributed by atoms with van der Waals surface area (Å²) in [4.78, 5) is 11.8. The monoisotopic (exact) mass is 248 g/mol. The van der Waals surface area contributed by atoms with Crippen molar-refractivity contribution in [2.45, 2.75) is 30.9 Å². The Morgan fingerprint density at radius 2 is 2.22 bits per heavy atom. The van der Waals surface area contributed by atoms with Crippen LogP contribution in [0.25, 0.3) is 0 Å². The maximum atomic E-state index is 11.8. The van der Waals surface area contributed by atoms with Crippen LogP contribution in [0.1, 0.15) is 24.3 Å². The number of nitrogens with one attached hydrogen (secondary N) is 1. The van der Waals surface area contributed by atoms with Crippen LogP contribution in [0.15, 0.2) is 30.3 Å². The largest absolute Gasteiger partial charge is 0.380 e. The lowest BCUT2D eigenvalue weighted by atomic mass is 10.1. The molecule has 18 heavy (non-hydrogen) atoms. The number of nitrogens with two attached hydrogens (primary N) is 1. The van der Waals surface area contributed by atoms with Crippen LogP contribution in [0.4, 0.5) is 0 Å². The zero-order valence-electron chi connectivity index (χ0n) is 10.6. The van der Waals surface area contributed by atoms with Crippen molar-refractivity contribution < 1.29 is 9.53 Å². The highest BCUT2D eigenvalue weighted by molar-refractivity contribution is 5.77. The minimum Gasteiger partial charge on any atom is -0.380 e. The summed E-state index contributed by atoms with van der Waals surface area (Å²) in [6, 6.07) is 10.5. The van der Waals surface area contributed by atoms with Gasteiger partial charge in [-0.1, -0.05) is 30.3 Å². The Balaban J connectivity index is 1.78. The normalized spacial score (nSPS) is 23.4. The molecular formula is C14H20N2O2. The summed E-state index contributed by atoms with van der Waals surface area (Å²) in [6.45, 7) is 0.372. The summed E-state index contributed by atoms with van der Waals surface area (Å²) in [5.74, 6) is 0.491. The zero-order valence-corrected chi connectivity index (χ0v) is 10.6. The number of hydrogen-bond acceptors (Lipinski definition) is 3. The highest BCUT2D eigenvalue weighted by Crippen LogP contribution is 2.40. The zero-order chi connectivity index (χ0) is 13.0. The topological polar surface area (TPSA) is 64.3 Å². The van der Waals surface area contributed by atoms with Crippen LogP contribution in [0, 0.1) is 0 Å². The van der Waals surface area contributed by atoms with E-state index in [9.17, 15) is 4.79 Å². The number of carbonyl (C=O) groups is 1. The average Bonchev–Trinajstić information content (AvgIpc) is 3.16. The van der Waals surface area contributed by atoms with E-state index in [2.05, 4.69) is 17.4 Å². The van der Waals surface area contributed by atoms with E-state index in [1.54, 1.807) is 7.11 Å². The number of carbonyl (C=O) groups excluding carboxylic acids is 1. The molecule has 0 spiro atoms. The molecule has 1 aromatic carbocycles. The molecule has 3 atom stereocenters. The molecule has 4 nitrogen and oxygen atoms in total. The van der Waals surface area contributed by atoms with Gasteiger partial charge in [-0.25, -0.2) is 0 Å². The Labute approximate surface area is 108 Å². The summed E-state index contributed by atoms with van der Waals surface area (Å²) >= 11 is 0. The lowest BCUT2D eigenvalue weighted by molar-refractivity contribution is -0.123. The van der Waals surface area contributed by atoms with Gasteiger partial charge >= 0.3 is 0 Å². The molecule has 1 aliphatic rings. The molecule has 4 heteroatoms. The van der Waals surface area contributed by atoms with E-state index in [0.29, 0.717) is 18.9 Å². The molecule has 1 amide bonds. The van der Waals surface area contributed by atoms with Gasteiger partial charge in [0, 0.05) is 25.6 Å². The number of rotatable bonds is 6. The summed E-state index contributed by atoms with van der Waals surface area (Å²) in [5.41, 5.74) is 6.79. The highest BCUT2D eigenvalue weighted by atomic mass is 16.5. The van der Waals surface area contributed by atoms with Crippen molar-refractivity contribution >= 4 is 5.91 Å². The van der Waals surface area contributed by atoms with E-state index in [4.69, 9.17) is 10.5 Å². The minimum atomic E-state index is -0.182. The van der Waals surface area contributed by atoms with E-state index >= 15 is 0 Å². The predicted octanol–water partition coefficient (Wildman–Crippen LogP) is 1.02. The van der Waals surface area contributed by atoms with E-state index in [-0.39, 0.29) is 18.1 Å². The van der Waals surface area contributed by atoms with Crippen LogP contribution in [0.3, 0.4) is 0 Å². The predicted molar refractivity (Wildman–Crippen MR) is 70.2 cm³/mol. The van der Waals surface area contributed by atoms with Crippen molar-refractivity contribution in [2.24, 2.45) is 5.73 Å². The van der Waals surface area contributed by atoms with Gasteiger partial charge in [0.15, 0.2) is 0 Å². The van der Waals surface area contributed by atoms with Crippen molar-refractivity contribution in [1.29, 1.82) is 0 Å². The quantitative estimate of drug-likeness (QED) is 0.790. The third-order valence-electron chi connectivity index (χ3n) is 3.37. The molecule has 1 aromatic rings. The van der Waals surface area contributed by atoms with Crippen molar-refractivity contribution in [3.63, 3.8) is 0 Å². The molecule has 0 radical (unpaired) electrons. The number of amides is 1. The Hall–Kier alpha value is -1.39. The van der Waals surface area contributed by atoms with Crippen LogP contribution < -0.4 is 11.1 Å². The summed E-state index contributed by atoms with van der Waals surface area (Å²) in [7, 11) is 1.58. The second-order valence-electron chi connectivity index (χ2n) is 4.72. The second-order valence-corrected chi connectivity index (χ2v) is 4.72. The molecule has 0 bridgehead atoms. The Morgan fingerprint density at radius 1 is 1.50 bits per heavy atom. The first-order chi connectivity index (χ1) is 8.74. The first-order valence-corrected chi connectivity index (χ1v) is 6.31. The average molecular weight is 248 g/mol. The van der Waals surface area contributed by atoms with Crippen molar-refractivity contribution in [1.82, 2.24) is 5.32 Å². The lowest BCUT2D eigenvalue weighted by Crippen LogP contribution is -2.33. The van der Waals surface area contributed by atoms with Crippen LogP contribution >= 0.6 is 0 Å². The molecule has 0 heterocycles. The third-order valence-corrected chi connectivity index (χ3v) is 3.37. The molecule has 1 fully saturated rings. The third kappa shape index (κ3) is 3.31. The van der Waals surface area contributed by atoms with Crippen molar-refractivity contribution in [2.75, 3.05) is 13.7 Å². The SMILES string of the molecule is COC(CN)CC(=O)NC1CC1c1ccccc1. The number of benzene rings is 1. The molecule has 0 aromatic heterocycles. The summed E-state index contributed by atoms with van der Waals surface area (Å²) in [5, 5.41) is 3.03. The van der Waals surface area contributed by atoms with Gasteiger partial charge in [0.05, 0.1) is 12.5 Å².